The van der Waals surface area contributed by atoms with E-state index in [9.17, 15) is 13.2 Å². The predicted octanol–water partition coefficient (Wildman–Crippen LogP) is 7.23. The molecule has 0 spiro atoms. The molecule has 1 aliphatic rings. The zero-order valence-corrected chi connectivity index (χ0v) is 33.0. The fourth-order valence-electron chi connectivity index (χ4n) is 6.78. The van der Waals surface area contributed by atoms with Crippen LogP contribution in [0, 0.1) is 20.8 Å². The van der Waals surface area contributed by atoms with E-state index in [1.807, 2.05) is 18.2 Å². The van der Waals surface area contributed by atoms with Crippen molar-refractivity contribution in [3.05, 3.63) is 111 Å². The van der Waals surface area contributed by atoms with Gasteiger partial charge in [0.15, 0.2) is 0 Å². The van der Waals surface area contributed by atoms with E-state index in [1.165, 1.54) is 11.1 Å². The summed E-state index contributed by atoms with van der Waals surface area (Å²) in [6, 6.07) is 18.2. The summed E-state index contributed by atoms with van der Waals surface area (Å²) in [5.41, 5.74) is 6.88. The van der Waals surface area contributed by atoms with Crippen LogP contribution in [0.2, 0.25) is 5.02 Å². The number of nitrogens with zero attached hydrogens (tertiary/aromatic N) is 2. The maximum atomic E-state index is 13.8. The fourth-order valence-corrected chi connectivity index (χ4v) is 8.41. The molecular formula is C41H45BClN5O5S. The lowest BCUT2D eigenvalue weighted by molar-refractivity contribution is -0.00991. The Morgan fingerprint density at radius 3 is 2.57 bits per heavy atom. The molecule has 0 bridgehead atoms. The Balaban J connectivity index is 1.22. The van der Waals surface area contributed by atoms with Gasteiger partial charge in [0.2, 0.25) is 0 Å². The van der Waals surface area contributed by atoms with Crippen LogP contribution in [0.3, 0.4) is 0 Å². The first-order valence-electron chi connectivity index (χ1n) is 17.9. The number of carbonyl (C=O) groups is 1. The van der Waals surface area contributed by atoms with Crippen LogP contribution < -0.4 is 20.2 Å². The van der Waals surface area contributed by atoms with E-state index in [0.717, 1.165) is 37.0 Å². The Morgan fingerprint density at radius 2 is 1.83 bits per heavy atom. The smallest absolute Gasteiger partial charge is 0.268 e. The topological polar surface area (TPSA) is 126 Å². The van der Waals surface area contributed by atoms with Crippen LogP contribution in [0.4, 0.5) is 5.69 Å². The van der Waals surface area contributed by atoms with E-state index in [2.05, 4.69) is 57.8 Å². The lowest BCUT2D eigenvalue weighted by atomic mass is 9.87. The predicted molar refractivity (Wildman–Crippen MR) is 217 cm³/mol. The van der Waals surface area contributed by atoms with Crippen molar-refractivity contribution in [2.75, 3.05) is 38.1 Å². The Morgan fingerprint density at radius 1 is 1.07 bits per heavy atom. The molecule has 0 atom stereocenters. The van der Waals surface area contributed by atoms with Gasteiger partial charge in [-0.3, -0.25) is 9.69 Å². The summed E-state index contributed by atoms with van der Waals surface area (Å²) in [4.78, 5) is 23.6. The minimum Gasteiger partial charge on any atom is -0.455 e. The first-order chi connectivity index (χ1) is 25.6. The number of amides is 1. The van der Waals surface area contributed by atoms with E-state index in [1.54, 1.807) is 63.5 Å². The number of pyridine rings is 1. The quantitative estimate of drug-likeness (QED) is 0.107. The van der Waals surface area contributed by atoms with Gasteiger partial charge in [0.1, 0.15) is 25.0 Å². The van der Waals surface area contributed by atoms with Gasteiger partial charge in [0.05, 0.1) is 28.9 Å². The molecule has 6 rings (SSSR count). The van der Waals surface area contributed by atoms with Gasteiger partial charge in [0.25, 0.3) is 15.9 Å². The number of anilines is 1. The van der Waals surface area contributed by atoms with Crippen molar-refractivity contribution in [3.8, 4) is 11.5 Å². The molecule has 54 heavy (non-hydrogen) atoms. The number of halogens is 1. The number of nitrogens with one attached hydrogen (secondary N) is 3. The number of aryl methyl sites for hydroxylation is 1. The van der Waals surface area contributed by atoms with Crippen molar-refractivity contribution < 1.29 is 22.7 Å². The monoisotopic (exact) mass is 765 g/mol. The van der Waals surface area contributed by atoms with Gasteiger partial charge in [-0.15, -0.1) is 0 Å². The Labute approximate surface area is 323 Å². The molecule has 0 fully saturated rings. The molecule has 280 valence electrons. The molecule has 1 aliphatic heterocycles. The molecule has 3 heterocycles. The third-order valence-corrected chi connectivity index (χ3v) is 11.7. The van der Waals surface area contributed by atoms with E-state index < -0.39 is 15.9 Å². The number of rotatable bonds is 13. The second-order valence-electron chi connectivity index (χ2n) is 14.3. The average Bonchev–Trinajstić information content (AvgIpc) is 3.59. The summed E-state index contributed by atoms with van der Waals surface area (Å²) in [6.07, 6.45) is 4.12. The molecule has 0 unspecified atom stereocenters. The van der Waals surface area contributed by atoms with Crippen molar-refractivity contribution in [1.29, 1.82) is 0 Å². The maximum absolute atomic E-state index is 13.8. The van der Waals surface area contributed by atoms with E-state index >= 15 is 0 Å². The summed E-state index contributed by atoms with van der Waals surface area (Å²) < 4.78 is 42.0. The van der Waals surface area contributed by atoms with Crippen LogP contribution in [-0.4, -0.2) is 75.4 Å². The number of ether oxygens (including phenoxy) is 2. The molecule has 0 saturated heterocycles. The third kappa shape index (κ3) is 8.84. The molecule has 2 aromatic heterocycles. The van der Waals surface area contributed by atoms with Gasteiger partial charge >= 0.3 is 0 Å². The van der Waals surface area contributed by atoms with E-state index in [0.29, 0.717) is 57.4 Å². The van der Waals surface area contributed by atoms with Crippen LogP contribution in [0.1, 0.15) is 59.8 Å². The third-order valence-electron chi connectivity index (χ3n) is 9.87. The summed E-state index contributed by atoms with van der Waals surface area (Å²) >= 11 is 6.20. The number of H-pyrrole nitrogens is 1. The molecule has 2 radical (unpaired) electrons. The molecule has 3 N–H and O–H groups in total. The highest BCUT2D eigenvalue weighted by Crippen LogP contribution is 2.36. The van der Waals surface area contributed by atoms with Crippen LogP contribution in [0.5, 0.6) is 11.5 Å². The minimum absolute atomic E-state index is 0.0189. The van der Waals surface area contributed by atoms with Crippen molar-refractivity contribution >= 4 is 63.1 Å². The van der Waals surface area contributed by atoms with E-state index in [-0.39, 0.29) is 21.8 Å². The Hall–Kier alpha value is -4.62. The Kier molecular flexibility index (Phi) is 11.6. The molecule has 10 nitrogen and oxygen atoms in total. The molecule has 0 aliphatic carbocycles. The number of aromatic amines is 1. The van der Waals surface area contributed by atoms with Gasteiger partial charge in [-0.05, 0) is 105 Å². The lowest BCUT2D eigenvalue weighted by Gasteiger charge is -2.35. The van der Waals surface area contributed by atoms with E-state index in [4.69, 9.17) is 28.9 Å². The number of fused-ring (bicyclic) bond motifs is 1. The summed E-state index contributed by atoms with van der Waals surface area (Å²) in [5.74, 6) is -0.282. The van der Waals surface area contributed by atoms with Gasteiger partial charge < -0.3 is 19.8 Å². The summed E-state index contributed by atoms with van der Waals surface area (Å²) in [6.45, 7) is 14.9. The normalized spacial score (nSPS) is 14.4. The van der Waals surface area contributed by atoms with Crippen LogP contribution >= 0.6 is 11.6 Å². The van der Waals surface area contributed by atoms with Gasteiger partial charge in [-0.25, -0.2) is 18.1 Å². The summed E-state index contributed by atoms with van der Waals surface area (Å²) in [5, 5.41) is 4.99. The molecule has 1 amide bonds. The van der Waals surface area contributed by atoms with Crippen molar-refractivity contribution in [3.63, 3.8) is 0 Å². The number of hydrogen-bond donors (Lipinski definition) is 3. The highest BCUT2D eigenvalue weighted by Gasteiger charge is 2.30. The summed E-state index contributed by atoms with van der Waals surface area (Å²) in [7, 11) is 1.81. The van der Waals surface area contributed by atoms with Crippen molar-refractivity contribution in [2.45, 2.75) is 58.5 Å². The zero-order valence-electron chi connectivity index (χ0n) is 31.5. The Bertz CT molecular complexity index is 2340. The molecule has 13 heteroatoms. The lowest BCUT2D eigenvalue weighted by Crippen LogP contribution is -2.36. The van der Waals surface area contributed by atoms with Crippen LogP contribution in [0.15, 0.2) is 83.5 Å². The number of likely N-dealkylation sites (N-methyl/N-ethyl adjacent to an activating group) is 1. The number of aromatic nitrogens is 2. The number of hydrogen-bond acceptors (Lipinski definition) is 8. The first-order valence-corrected chi connectivity index (χ1v) is 19.8. The van der Waals surface area contributed by atoms with Gasteiger partial charge in [-0.1, -0.05) is 47.8 Å². The second kappa shape index (κ2) is 16.0. The molecule has 3 aromatic carbocycles. The van der Waals surface area contributed by atoms with Crippen LogP contribution in [-0.2, 0) is 14.8 Å². The number of benzene rings is 3. The minimum atomic E-state index is -4.27. The largest absolute Gasteiger partial charge is 0.455 e. The fraction of sp³-hybridized carbons (Fsp3) is 0.317. The van der Waals surface area contributed by atoms with Crippen molar-refractivity contribution in [1.82, 2.24) is 19.6 Å². The average molecular weight is 766 g/mol. The zero-order chi connectivity index (χ0) is 38.8. The number of carbonyl (C=O) groups excluding carboxylic acids is 1. The maximum Gasteiger partial charge on any atom is 0.268 e. The molecule has 5 aromatic rings. The van der Waals surface area contributed by atoms with Crippen LogP contribution in [0.25, 0.3) is 16.6 Å². The standard InChI is InChI=1S/C41H45BClN5O5S/c1-7-48(23-30-24-52-41(5,6)21-35(30)28-8-10-31(43)11-9-28)17-16-44-32-12-13-34(37(20-32)53-33-19-29-14-15-45-39(29)46-22-33)40(49)47-54(50,51)38-25(2)18-36(42)26(3)27(38)4/h8-15,18-20,22,44H,7,16-17,21,23-24H2,1-6H3,(H,45,46)(H,47,49). The molecular weight excluding hydrogens is 721 g/mol. The van der Waals surface area contributed by atoms with Gasteiger partial charge in [0, 0.05) is 54.4 Å². The number of sulfonamides is 1. The van der Waals surface area contributed by atoms with Gasteiger partial charge in [-0.2, -0.15) is 0 Å². The first kappa shape index (κ1) is 39.1. The van der Waals surface area contributed by atoms with Crippen molar-refractivity contribution in [2.24, 2.45) is 0 Å². The highest BCUT2D eigenvalue weighted by atomic mass is 35.5. The second-order valence-corrected chi connectivity index (χ2v) is 16.4. The SMILES string of the molecule is [B]c1cc(C)c(S(=O)(=O)NC(=O)c2ccc(NCCN(CC)CC3=C(c4ccc(Cl)cc4)CC(C)(C)OC3)cc2Oc2cnc3[nH]ccc3c2)c(C)c1C. The highest BCUT2D eigenvalue weighted by molar-refractivity contribution is 7.90. The molecule has 0 saturated carbocycles.